The summed E-state index contributed by atoms with van der Waals surface area (Å²) >= 11 is 0. The van der Waals surface area contributed by atoms with Crippen molar-refractivity contribution in [3.05, 3.63) is 65.1 Å². The SMILES string of the molecule is Cn1cc(-c2ccc3ccc(OCC(O)CN4CCC(O)CC4)cc3c2)ccc1=O. The summed E-state index contributed by atoms with van der Waals surface area (Å²) in [6.45, 7) is 2.40. The van der Waals surface area contributed by atoms with Crippen LogP contribution in [0.4, 0.5) is 0 Å². The summed E-state index contributed by atoms with van der Waals surface area (Å²) < 4.78 is 7.42. The monoisotopic (exact) mass is 408 g/mol. The van der Waals surface area contributed by atoms with E-state index >= 15 is 0 Å². The molecule has 1 aliphatic heterocycles. The van der Waals surface area contributed by atoms with Gasteiger partial charge in [-0.25, -0.2) is 0 Å². The second kappa shape index (κ2) is 9.00. The van der Waals surface area contributed by atoms with Gasteiger partial charge in [0.2, 0.25) is 5.56 Å². The van der Waals surface area contributed by atoms with Crippen LogP contribution in [0.25, 0.3) is 21.9 Å². The molecule has 1 aliphatic rings. The van der Waals surface area contributed by atoms with Crippen molar-refractivity contribution in [2.24, 2.45) is 7.05 Å². The van der Waals surface area contributed by atoms with E-state index in [4.69, 9.17) is 4.74 Å². The summed E-state index contributed by atoms with van der Waals surface area (Å²) in [5.74, 6) is 0.716. The highest BCUT2D eigenvalue weighted by Gasteiger charge is 2.19. The standard InChI is InChI=1S/C24H28N2O4/c1-25-14-19(5-7-24(25)29)18-3-2-17-4-6-23(13-20(17)12-18)30-16-22(28)15-26-10-8-21(27)9-11-26/h2-7,12-14,21-22,27-28H,8-11,15-16H2,1H3. The Morgan fingerprint density at radius 1 is 1.03 bits per heavy atom. The van der Waals surface area contributed by atoms with Crippen molar-refractivity contribution in [3.8, 4) is 16.9 Å². The molecule has 1 saturated heterocycles. The normalized spacial score (nSPS) is 16.6. The van der Waals surface area contributed by atoms with Gasteiger partial charge < -0.3 is 24.4 Å². The van der Waals surface area contributed by atoms with E-state index in [1.54, 1.807) is 17.7 Å². The van der Waals surface area contributed by atoms with E-state index in [-0.39, 0.29) is 18.3 Å². The molecule has 1 unspecified atom stereocenters. The number of β-amino-alcohol motifs (C(OH)–C–C–N with tert-alkyl or cyclic N) is 1. The molecule has 2 heterocycles. The van der Waals surface area contributed by atoms with Gasteiger partial charge in [-0.3, -0.25) is 4.79 Å². The zero-order valence-corrected chi connectivity index (χ0v) is 17.2. The molecule has 1 atom stereocenters. The molecular weight excluding hydrogens is 380 g/mol. The fraction of sp³-hybridized carbons (Fsp3) is 0.375. The van der Waals surface area contributed by atoms with Crippen LogP contribution in [0.3, 0.4) is 0 Å². The van der Waals surface area contributed by atoms with Gasteiger partial charge in [0.15, 0.2) is 0 Å². The van der Waals surface area contributed by atoms with E-state index < -0.39 is 6.10 Å². The zero-order chi connectivity index (χ0) is 21.1. The molecule has 0 spiro atoms. The number of rotatable bonds is 6. The van der Waals surface area contributed by atoms with Crippen LogP contribution in [-0.2, 0) is 7.05 Å². The van der Waals surface area contributed by atoms with Crippen molar-refractivity contribution in [3.63, 3.8) is 0 Å². The number of pyridine rings is 1. The fourth-order valence-electron chi connectivity index (χ4n) is 3.90. The van der Waals surface area contributed by atoms with Crippen molar-refractivity contribution in [2.45, 2.75) is 25.0 Å². The number of nitrogens with zero attached hydrogens (tertiary/aromatic N) is 2. The number of benzene rings is 2. The molecule has 2 aromatic carbocycles. The maximum atomic E-state index is 11.6. The first-order chi connectivity index (χ1) is 14.5. The lowest BCUT2D eigenvalue weighted by atomic mass is 10.0. The van der Waals surface area contributed by atoms with Crippen LogP contribution in [-0.4, -0.2) is 58.1 Å². The largest absolute Gasteiger partial charge is 0.491 e. The number of aliphatic hydroxyl groups is 2. The van der Waals surface area contributed by atoms with Gasteiger partial charge in [0.1, 0.15) is 18.5 Å². The first kappa shape index (κ1) is 20.6. The second-order valence-corrected chi connectivity index (χ2v) is 8.09. The highest BCUT2D eigenvalue weighted by atomic mass is 16.5. The Morgan fingerprint density at radius 3 is 2.53 bits per heavy atom. The molecule has 3 aromatic rings. The van der Waals surface area contributed by atoms with Crippen LogP contribution in [0.5, 0.6) is 5.75 Å². The molecule has 30 heavy (non-hydrogen) atoms. The Kier molecular flexibility index (Phi) is 6.18. The molecule has 4 rings (SSSR count). The third-order valence-corrected chi connectivity index (χ3v) is 5.70. The van der Waals surface area contributed by atoms with Gasteiger partial charge in [-0.05, 0) is 59.0 Å². The average molecular weight is 408 g/mol. The Hall–Kier alpha value is -2.67. The van der Waals surface area contributed by atoms with Crippen LogP contribution >= 0.6 is 0 Å². The van der Waals surface area contributed by atoms with Crippen molar-refractivity contribution < 1.29 is 14.9 Å². The van der Waals surface area contributed by atoms with Gasteiger partial charge in [0.25, 0.3) is 0 Å². The van der Waals surface area contributed by atoms with Gasteiger partial charge in [-0.15, -0.1) is 0 Å². The maximum Gasteiger partial charge on any atom is 0.250 e. The molecule has 1 aromatic heterocycles. The Morgan fingerprint density at radius 2 is 1.77 bits per heavy atom. The first-order valence-corrected chi connectivity index (χ1v) is 10.4. The molecule has 158 valence electrons. The third-order valence-electron chi connectivity index (χ3n) is 5.70. The number of fused-ring (bicyclic) bond motifs is 1. The quantitative estimate of drug-likeness (QED) is 0.655. The lowest BCUT2D eigenvalue weighted by Gasteiger charge is -2.30. The highest BCUT2D eigenvalue weighted by Crippen LogP contribution is 2.27. The molecule has 0 saturated carbocycles. The summed E-state index contributed by atoms with van der Waals surface area (Å²) in [4.78, 5) is 13.8. The van der Waals surface area contributed by atoms with Crippen LogP contribution in [0.15, 0.2) is 59.5 Å². The lowest BCUT2D eigenvalue weighted by Crippen LogP contribution is -2.41. The Balaban J connectivity index is 1.43. The lowest BCUT2D eigenvalue weighted by molar-refractivity contribution is 0.0338. The van der Waals surface area contributed by atoms with Crippen molar-refractivity contribution in [1.82, 2.24) is 9.47 Å². The van der Waals surface area contributed by atoms with Crippen LogP contribution in [0, 0.1) is 0 Å². The van der Waals surface area contributed by atoms with Gasteiger partial charge >= 0.3 is 0 Å². The molecule has 1 fully saturated rings. The van der Waals surface area contributed by atoms with E-state index in [2.05, 4.69) is 17.0 Å². The molecule has 2 N–H and O–H groups in total. The Labute approximate surface area is 176 Å². The number of hydrogen-bond donors (Lipinski definition) is 2. The van der Waals surface area contributed by atoms with Gasteiger partial charge in [0, 0.05) is 38.9 Å². The molecule has 0 radical (unpaired) electrons. The fourth-order valence-corrected chi connectivity index (χ4v) is 3.90. The van der Waals surface area contributed by atoms with Crippen LogP contribution in [0.1, 0.15) is 12.8 Å². The smallest absolute Gasteiger partial charge is 0.250 e. The van der Waals surface area contributed by atoms with Gasteiger partial charge in [0.05, 0.1) is 6.10 Å². The average Bonchev–Trinajstić information content (AvgIpc) is 2.75. The topological polar surface area (TPSA) is 74.9 Å². The van der Waals surface area contributed by atoms with Crippen LogP contribution in [0.2, 0.25) is 0 Å². The van der Waals surface area contributed by atoms with E-state index in [9.17, 15) is 15.0 Å². The second-order valence-electron chi connectivity index (χ2n) is 8.09. The molecule has 0 amide bonds. The zero-order valence-electron chi connectivity index (χ0n) is 17.2. The number of aliphatic hydroxyl groups excluding tert-OH is 2. The minimum Gasteiger partial charge on any atom is -0.491 e. The van der Waals surface area contributed by atoms with E-state index in [1.165, 1.54) is 0 Å². The molecular formula is C24H28N2O4. The highest BCUT2D eigenvalue weighted by molar-refractivity contribution is 5.88. The van der Waals surface area contributed by atoms with Crippen molar-refractivity contribution >= 4 is 10.8 Å². The van der Waals surface area contributed by atoms with E-state index in [0.29, 0.717) is 12.3 Å². The number of piperidine rings is 1. The summed E-state index contributed by atoms with van der Waals surface area (Å²) in [6, 6.07) is 15.5. The molecule has 0 aliphatic carbocycles. The minimum atomic E-state index is -0.576. The van der Waals surface area contributed by atoms with Crippen molar-refractivity contribution in [2.75, 3.05) is 26.2 Å². The Bertz CT molecular complexity index is 1070. The minimum absolute atomic E-state index is 0.0329. The summed E-state index contributed by atoms with van der Waals surface area (Å²) in [5.41, 5.74) is 1.98. The molecule has 0 bridgehead atoms. The first-order valence-electron chi connectivity index (χ1n) is 10.4. The number of likely N-dealkylation sites (tertiary alicyclic amines) is 1. The van der Waals surface area contributed by atoms with E-state index in [1.807, 2.05) is 36.5 Å². The number of aromatic nitrogens is 1. The molecule has 6 heteroatoms. The molecule has 6 nitrogen and oxygen atoms in total. The van der Waals surface area contributed by atoms with Crippen LogP contribution < -0.4 is 10.3 Å². The number of hydrogen-bond acceptors (Lipinski definition) is 5. The maximum absolute atomic E-state index is 11.6. The summed E-state index contributed by atoms with van der Waals surface area (Å²) in [5, 5.41) is 22.1. The van der Waals surface area contributed by atoms with E-state index in [0.717, 1.165) is 47.8 Å². The van der Waals surface area contributed by atoms with Gasteiger partial charge in [-0.1, -0.05) is 18.2 Å². The predicted octanol–water partition coefficient (Wildman–Crippen LogP) is 2.40. The number of ether oxygens (including phenoxy) is 1. The third kappa shape index (κ3) is 4.90. The predicted molar refractivity (Wildman–Crippen MR) is 118 cm³/mol. The van der Waals surface area contributed by atoms with Gasteiger partial charge in [-0.2, -0.15) is 0 Å². The number of aryl methyl sites for hydroxylation is 1. The summed E-state index contributed by atoms with van der Waals surface area (Å²) in [7, 11) is 1.75. The van der Waals surface area contributed by atoms with Crippen molar-refractivity contribution in [1.29, 1.82) is 0 Å². The summed E-state index contributed by atoms with van der Waals surface area (Å²) in [6.07, 6.45) is 2.57.